The van der Waals surface area contributed by atoms with E-state index in [4.69, 9.17) is 9.47 Å². The molecule has 136 valence electrons. The number of esters is 1. The van der Waals surface area contributed by atoms with Gasteiger partial charge in [-0.3, -0.25) is 14.9 Å². The van der Waals surface area contributed by atoms with Gasteiger partial charge in [0, 0.05) is 6.07 Å². The number of benzene rings is 1. The van der Waals surface area contributed by atoms with Gasteiger partial charge in [-0.05, 0) is 24.4 Å². The molecule has 2 heterocycles. The van der Waals surface area contributed by atoms with Crippen molar-refractivity contribution in [3.05, 3.63) is 55.6 Å². The van der Waals surface area contributed by atoms with Gasteiger partial charge in [0.05, 0.1) is 28.9 Å². The average Bonchev–Trinajstić information content (AvgIpc) is 3.11. The predicted octanol–water partition coefficient (Wildman–Crippen LogP) is 3.14. The number of fused-ring (bicyclic) bond motifs is 1. The van der Waals surface area contributed by atoms with Gasteiger partial charge in [0.15, 0.2) is 11.5 Å². The maximum atomic E-state index is 13.0. The number of carbonyl (C=O) groups excluding carboxylic acids is 1. The molecule has 0 aliphatic carbocycles. The van der Waals surface area contributed by atoms with Crippen molar-refractivity contribution in [2.75, 3.05) is 6.61 Å². The van der Waals surface area contributed by atoms with Crippen LogP contribution >= 0.6 is 11.3 Å². The highest BCUT2D eigenvalue weighted by molar-refractivity contribution is 7.95. The van der Waals surface area contributed by atoms with Gasteiger partial charge in [-0.2, -0.15) is 0 Å². The standard InChI is InChI=1S/C16H13NO7S2/c1-2-23-15(18)9-14-16(12-4-3-7-25-12)24-11-8-10(17(19)20)5-6-13(11)26(14,21)22/h3-8H,2,9H2,1H3. The quantitative estimate of drug-likeness (QED) is 0.434. The molecule has 1 aromatic heterocycles. The Kier molecular flexibility index (Phi) is 4.79. The lowest BCUT2D eigenvalue weighted by molar-refractivity contribution is -0.385. The van der Waals surface area contributed by atoms with Gasteiger partial charge in [0.25, 0.3) is 5.69 Å². The summed E-state index contributed by atoms with van der Waals surface area (Å²) in [5, 5.41) is 12.7. The monoisotopic (exact) mass is 395 g/mol. The van der Waals surface area contributed by atoms with Gasteiger partial charge < -0.3 is 9.47 Å². The summed E-state index contributed by atoms with van der Waals surface area (Å²) in [5.74, 6) is -0.856. The first kappa shape index (κ1) is 18.1. The number of nitrogens with zero attached hydrogens (tertiary/aromatic N) is 1. The lowest BCUT2D eigenvalue weighted by Gasteiger charge is -2.22. The number of hydrogen-bond donors (Lipinski definition) is 0. The lowest BCUT2D eigenvalue weighted by atomic mass is 10.2. The molecule has 0 fully saturated rings. The molecule has 0 unspecified atom stereocenters. The van der Waals surface area contributed by atoms with Crippen LogP contribution in [0, 0.1) is 10.1 Å². The third-order valence-corrected chi connectivity index (χ3v) is 6.34. The second-order valence-electron chi connectivity index (χ2n) is 5.21. The van der Waals surface area contributed by atoms with Crippen LogP contribution in [-0.2, 0) is 19.4 Å². The normalized spacial score (nSPS) is 15.1. The minimum absolute atomic E-state index is 0.0129. The molecule has 1 aromatic carbocycles. The number of thiophene rings is 1. The number of nitro benzene ring substituents is 1. The Labute approximate surface area is 152 Å². The molecule has 0 radical (unpaired) electrons. The van der Waals surface area contributed by atoms with Crippen molar-refractivity contribution in [3.63, 3.8) is 0 Å². The molecule has 0 N–H and O–H groups in total. The highest BCUT2D eigenvalue weighted by atomic mass is 32.2. The number of non-ortho nitro benzene ring substituents is 1. The zero-order chi connectivity index (χ0) is 18.9. The fraction of sp³-hybridized carbons (Fsp3) is 0.188. The molecule has 1 aliphatic rings. The minimum atomic E-state index is -4.08. The summed E-state index contributed by atoms with van der Waals surface area (Å²) in [7, 11) is -4.08. The molecule has 0 saturated heterocycles. The first-order chi connectivity index (χ1) is 12.3. The van der Waals surface area contributed by atoms with E-state index in [-0.39, 0.29) is 33.6 Å². The minimum Gasteiger partial charge on any atom is -0.466 e. The van der Waals surface area contributed by atoms with Crippen molar-refractivity contribution in [3.8, 4) is 5.75 Å². The maximum Gasteiger partial charge on any atom is 0.311 e. The Bertz CT molecular complexity index is 1010. The van der Waals surface area contributed by atoms with E-state index in [0.29, 0.717) is 4.88 Å². The van der Waals surface area contributed by atoms with Crippen LogP contribution in [0.4, 0.5) is 5.69 Å². The third kappa shape index (κ3) is 3.20. The Hall–Kier alpha value is -2.72. The van der Waals surface area contributed by atoms with Crippen LogP contribution in [0.25, 0.3) is 5.76 Å². The van der Waals surface area contributed by atoms with Crippen LogP contribution in [0.5, 0.6) is 5.75 Å². The lowest BCUT2D eigenvalue weighted by Crippen LogP contribution is -2.20. The van der Waals surface area contributed by atoms with Crippen LogP contribution < -0.4 is 4.74 Å². The number of nitro groups is 1. The van der Waals surface area contributed by atoms with Crippen LogP contribution in [0.1, 0.15) is 18.2 Å². The van der Waals surface area contributed by atoms with Gasteiger partial charge in [-0.1, -0.05) is 6.07 Å². The van der Waals surface area contributed by atoms with Crippen LogP contribution in [0.2, 0.25) is 0 Å². The topological polar surface area (TPSA) is 113 Å². The van der Waals surface area contributed by atoms with E-state index in [0.717, 1.165) is 18.2 Å². The fourth-order valence-corrected chi connectivity index (χ4v) is 4.83. The number of ether oxygens (including phenoxy) is 2. The molecule has 26 heavy (non-hydrogen) atoms. The average molecular weight is 395 g/mol. The Morgan fingerprint density at radius 3 is 2.73 bits per heavy atom. The van der Waals surface area contributed by atoms with Gasteiger partial charge in [-0.25, -0.2) is 8.42 Å². The molecule has 0 spiro atoms. The fourth-order valence-electron chi connectivity index (χ4n) is 2.45. The van der Waals surface area contributed by atoms with E-state index in [1.165, 1.54) is 11.3 Å². The van der Waals surface area contributed by atoms with Crippen LogP contribution in [-0.4, -0.2) is 25.9 Å². The van der Waals surface area contributed by atoms with E-state index < -0.39 is 27.2 Å². The van der Waals surface area contributed by atoms with Crippen LogP contribution in [0.15, 0.2) is 45.5 Å². The van der Waals surface area contributed by atoms with E-state index in [9.17, 15) is 23.3 Å². The molecule has 1 aliphatic heterocycles. The Balaban J connectivity index is 2.18. The highest BCUT2D eigenvalue weighted by Crippen LogP contribution is 2.43. The molecule has 10 heteroatoms. The van der Waals surface area contributed by atoms with E-state index in [2.05, 4.69) is 0 Å². The Morgan fingerprint density at radius 2 is 2.12 bits per heavy atom. The van der Waals surface area contributed by atoms with Gasteiger partial charge in [-0.15, -0.1) is 11.3 Å². The third-order valence-electron chi connectivity index (χ3n) is 3.57. The van der Waals surface area contributed by atoms with E-state index in [1.807, 2.05) is 0 Å². The SMILES string of the molecule is CCOC(=O)CC1=C(c2cccs2)Oc2cc([N+](=O)[O-])ccc2S1(=O)=O. The molecule has 8 nitrogen and oxygen atoms in total. The van der Waals surface area contributed by atoms with Gasteiger partial charge in [0.1, 0.15) is 9.80 Å². The largest absolute Gasteiger partial charge is 0.466 e. The summed E-state index contributed by atoms with van der Waals surface area (Å²) >= 11 is 1.23. The summed E-state index contributed by atoms with van der Waals surface area (Å²) in [6.07, 6.45) is -0.486. The summed E-state index contributed by atoms with van der Waals surface area (Å²) in [4.78, 5) is 22.3. The summed E-state index contributed by atoms with van der Waals surface area (Å²) in [6, 6.07) is 6.59. The van der Waals surface area contributed by atoms with Crippen molar-refractivity contribution >= 4 is 38.6 Å². The number of sulfone groups is 1. The highest BCUT2D eigenvalue weighted by Gasteiger charge is 2.37. The molecule has 0 bridgehead atoms. The van der Waals surface area contributed by atoms with Crippen molar-refractivity contribution in [1.29, 1.82) is 0 Å². The molecule has 3 rings (SSSR count). The first-order valence-electron chi connectivity index (χ1n) is 7.48. The van der Waals surface area contributed by atoms with Crippen molar-refractivity contribution in [2.24, 2.45) is 0 Å². The van der Waals surface area contributed by atoms with Crippen molar-refractivity contribution in [2.45, 2.75) is 18.2 Å². The van der Waals surface area contributed by atoms with E-state index in [1.54, 1.807) is 24.4 Å². The van der Waals surface area contributed by atoms with Crippen molar-refractivity contribution < 1.29 is 27.6 Å². The van der Waals surface area contributed by atoms with Gasteiger partial charge in [0.2, 0.25) is 9.84 Å². The second kappa shape index (κ2) is 6.89. The number of carbonyl (C=O) groups is 1. The molecule has 0 saturated carbocycles. The zero-order valence-corrected chi connectivity index (χ0v) is 15.1. The summed E-state index contributed by atoms with van der Waals surface area (Å²) in [6.45, 7) is 1.73. The molecular weight excluding hydrogens is 382 g/mol. The molecule has 2 aromatic rings. The second-order valence-corrected chi connectivity index (χ2v) is 8.09. The van der Waals surface area contributed by atoms with Gasteiger partial charge >= 0.3 is 5.97 Å². The van der Waals surface area contributed by atoms with E-state index >= 15 is 0 Å². The van der Waals surface area contributed by atoms with Crippen LogP contribution in [0.3, 0.4) is 0 Å². The Morgan fingerprint density at radius 1 is 1.35 bits per heavy atom. The smallest absolute Gasteiger partial charge is 0.311 e. The first-order valence-corrected chi connectivity index (χ1v) is 9.85. The number of hydrogen-bond acceptors (Lipinski definition) is 8. The summed E-state index contributed by atoms with van der Waals surface area (Å²) in [5.41, 5.74) is -0.293. The molecule has 0 atom stereocenters. The predicted molar refractivity (Wildman–Crippen MR) is 93.4 cm³/mol. The molecular formula is C16H13NO7S2. The zero-order valence-electron chi connectivity index (χ0n) is 13.5. The number of rotatable bonds is 5. The maximum absolute atomic E-state index is 13.0. The van der Waals surface area contributed by atoms with Crippen molar-refractivity contribution in [1.82, 2.24) is 0 Å². The molecule has 0 amide bonds. The summed E-state index contributed by atoms with van der Waals surface area (Å²) < 4.78 is 36.6.